The first-order valence-electron chi connectivity index (χ1n) is 5.46. The van der Waals surface area contributed by atoms with Gasteiger partial charge >= 0.3 is 0 Å². The third-order valence-corrected chi connectivity index (χ3v) is 5.44. The summed E-state index contributed by atoms with van der Waals surface area (Å²) in [6.45, 7) is 8.13. The first-order valence-corrected chi connectivity index (χ1v) is 7.13. The molecule has 2 heterocycles. The first kappa shape index (κ1) is 11.6. The van der Waals surface area contributed by atoms with Crippen LogP contribution in [-0.2, 0) is 5.54 Å². The molecule has 1 atom stereocenters. The number of hydrogen-bond donors (Lipinski definition) is 1. The van der Waals surface area contributed by atoms with E-state index in [9.17, 15) is 0 Å². The van der Waals surface area contributed by atoms with Gasteiger partial charge in [0.1, 0.15) is 0 Å². The van der Waals surface area contributed by atoms with E-state index in [4.69, 9.17) is 0 Å². The van der Waals surface area contributed by atoms with E-state index in [1.807, 2.05) is 11.3 Å². The fraction of sp³-hybridized carbons (Fsp3) is 0.667. The summed E-state index contributed by atoms with van der Waals surface area (Å²) >= 11 is 5.54. The molecule has 0 amide bonds. The van der Waals surface area contributed by atoms with Gasteiger partial charge in [0.05, 0.1) is 5.54 Å². The maximum atomic E-state index is 3.73. The molecule has 1 aromatic rings. The summed E-state index contributed by atoms with van der Waals surface area (Å²) < 4.78 is 1.26. The smallest absolute Gasteiger partial charge is 0.0589 e. The molecule has 15 heavy (non-hydrogen) atoms. The molecular formula is C12H18BrNS. The van der Waals surface area contributed by atoms with Crippen LogP contribution in [0.5, 0.6) is 0 Å². The van der Waals surface area contributed by atoms with E-state index in [1.54, 1.807) is 0 Å². The van der Waals surface area contributed by atoms with E-state index < -0.39 is 0 Å². The minimum Gasteiger partial charge on any atom is -0.306 e. The average Bonchev–Trinajstić information content (AvgIpc) is 2.70. The third-order valence-electron chi connectivity index (χ3n) is 3.44. The lowest BCUT2D eigenvalue weighted by Crippen LogP contribution is -2.47. The van der Waals surface area contributed by atoms with Crippen molar-refractivity contribution in [2.75, 3.05) is 6.54 Å². The maximum Gasteiger partial charge on any atom is 0.0589 e. The van der Waals surface area contributed by atoms with Gasteiger partial charge in [0.15, 0.2) is 0 Å². The fourth-order valence-corrected chi connectivity index (χ4v) is 4.64. The average molecular weight is 288 g/mol. The summed E-state index contributed by atoms with van der Waals surface area (Å²) in [4.78, 5) is 1.47. The van der Waals surface area contributed by atoms with Crippen molar-refractivity contribution in [1.82, 2.24) is 5.32 Å². The van der Waals surface area contributed by atoms with E-state index in [0.29, 0.717) is 0 Å². The van der Waals surface area contributed by atoms with Gasteiger partial charge < -0.3 is 5.32 Å². The predicted octanol–water partition coefficient (Wildman–Crippen LogP) is 4.14. The van der Waals surface area contributed by atoms with Gasteiger partial charge in [-0.15, -0.1) is 11.3 Å². The van der Waals surface area contributed by atoms with Crippen LogP contribution in [0, 0.1) is 5.41 Å². The molecule has 0 saturated carbocycles. The zero-order valence-electron chi connectivity index (χ0n) is 9.56. The number of nitrogens with one attached hydrogen (secondary N) is 1. The summed E-state index contributed by atoms with van der Waals surface area (Å²) in [7, 11) is 0. The molecule has 1 unspecified atom stereocenters. The Morgan fingerprint density at radius 1 is 1.47 bits per heavy atom. The molecule has 1 aliphatic heterocycles. The van der Waals surface area contributed by atoms with Gasteiger partial charge in [-0.1, -0.05) is 20.8 Å². The highest BCUT2D eigenvalue weighted by Crippen LogP contribution is 2.49. The molecule has 0 spiro atoms. The summed E-state index contributed by atoms with van der Waals surface area (Å²) in [6, 6.07) is 2.16. The topological polar surface area (TPSA) is 12.0 Å². The third kappa shape index (κ3) is 1.79. The Morgan fingerprint density at radius 2 is 2.20 bits per heavy atom. The molecule has 2 rings (SSSR count). The van der Waals surface area contributed by atoms with Crippen LogP contribution in [0.1, 0.15) is 38.5 Å². The summed E-state index contributed by atoms with van der Waals surface area (Å²) in [5.74, 6) is 0. The highest BCUT2D eigenvalue weighted by molar-refractivity contribution is 9.10. The van der Waals surface area contributed by atoms with Crippen molar-refractivity contribution < 1.29 is 0 Å². The lowest BCUT2D eigenvalue weighted by Gasteiger charge is -2.42. The Balaban J connectivity index is 2.49. The van der Waals surface area contributed by atoms with Crippen LogP contribution in [-0.4, -0.2) is 6.54 Å². The monoisotopic (exact) mass is 287 g/mol. The van der Waals surface area contributed by atoms with Gasteiger partial charge in [0.25, 0.3) is 0 Å². The van der Waals surface area contributed by atoms with Gasteiger partial charge in [-0.05, 0) is 52.2 Å². The molecule has 0 radical (unpaired) electrons. The SMILES string of the molecule is CC(C)(C)C1(c2sccc2Br)CCCN1. The second-order valence-electron chi connectivity index (χ2n) is 5.28. The zero-order chi connectivity index (χ0) is 11.1. The number of hydrogen-bond acceptors (Lipinski definition) is 2. The van der Waals surface area contributed by atoms with E-state index in [0.717, 1.165) is 6.54 Å². The van der Waals surface area contributed by atoms with Crippen LogP contribution in [0.3, 0.4) is 0 Å². The van der Waals surface area contributed by atoms with Crippen molar-refractivity contribution in [2.24, 2.45) is 5.41 Å². The lowest BCUT2D eigenvalue weighted by atomic mass is 9.72. The molecule has 0 bridgehead atoms. The summed E-state index contributed by atoms with van der Waals surface area (Å²) in [5, 5.41) is 5.91. The van der Waals surface area contributed by atoms with Gasteiger partial charge in [-0.25, -0.2) is 0 Å². The van der Waals surface area contributed by atoms with Crippen LogP contribution in [0.15, 0.2) is 15.9 Å². The van der Waals surface area contributed by atoms with Gasteiger partial charge in [-0.3, -0.25) is 0 Å². The molecule has 1 aliphatic rings. The molecule has 1 saturated heterocycles. The first-order chi connectivity index (χ1) is 6.97. The predicted molar refractivity (Wildman–Crippen MR) is 70.4 cm³/mol. The van der Waals surface area contributed by atoms with E-state index in [-0.39, 0.29) is 11.0 Å². The van der Waals surface area contributed by atoms with Crippen LogP contribution < -0.4 is 5.32 Å². The minimum atomic E-state index is 0.167. The molecule has 3 heteroatoms. The van der Waals surface area contributed by atoms with Crippen molar-refractivity contribution in [2.45, 2.75) is 39.2 Å². The number of rotatable bonds is 1. The Kier molecular flexibility index (Phi) is 2.99. The van der Waals surface area contributed by atoms with Crippen LogP contribution in [0.25, 0.3) is 0 Å². The molecular weight excluding hydrogens is 270 g/mol. The molecule has 0 aromatic carbocycles. The zero-order valence-corrected chi connectivity index (χ0v) is 12.0. The summed E-state index contributed by atoms with van der Waals surface area (Å²) in [6.07, 6.45) is 2.53. The van der Waals surface area contributed by atoms with Crippen molar-refractivity contribution in [3.8, 4) is 0 Å². The molecule has 84 valence electrons. The number of halogens is 1. The van der Waals surface area contributed by atoms with Crippen LogP contribution in [0.2, 0.25) is 0 Å². The molecule has 1 fully saturated rings. The lowest BCUT2D eigenvalue weighted by molar-refractivity contribution is 0.164. The highest BCUT2D eigenvalue weighted by Gasteiger charge is 2.46. The van der Waals surface area contributed by atoms with E-state index in [1.165, 1.54) is 22.2 Å². The summed E-state index contributed by atoms with van der Waals surface area (Å²) in [5.41, 5.74) is 0.427. The van der Waals surface area contributed by atoms with Crippen molar-refractivity contribution >= 4 is 27.3 Å². The Bertz CT molecular complexity index is 345. The molecule has 1 aromatic heterocycles. The maximum absolute atomic E-state index is 3.73. The molecule has 1 N–H and O–H groups in total. The second-order valence-corrected chi connectivity index (χ2v) is 7.05. The second kappa shape index (κ2) is 3.86. The van der Waals surface area contributed by atoms with Gasteiger partial charge in [-0.2, -0.15) is 0 Å². The van der Waals surface area contributed by atoms with Crippen LogP contribution >= 0.6 is 27.3 Å². The Labute approximate surface area is 104 Å². The Hall–Kier alpha value is 0.140. The highest BCUT2D eigenvalue weighted by atomic mass is 79.9. The van der Waals surface area contributed by atoms with Crippen molar-refractivity contribution in [1.29, 1.82) is 0 Å². The standard InChI is InChI=1S/C12H18BrNS/c1-11(2,3)12(6-4-7-14-12)10-9(13)5-8-15-10/h5,8,14H,4,6-7H2,1-3H3. The van der Waals surface area contributed by atoms with E-state index in [2.05, 4.69) is 53.5 Å². The van der Waals surface area contributed by atoms with Crippen LogP contribution in [0.4, 0.5) is 0 Å². The minimum absolute atomic E-state index is 0.167. The largest absolute Gasteiger partial charge is 0.306 e. The normalized spacial score (nSPS) is 27.2. The van der Waals surface area contributed by atoms with E-state index >= 15 is 0 Å². The molecule has 1 nitrogen and oxygen atoms in total. The fourth-order valence-electron chi connectivity index (χ4n) is 2.52. The van der Waals surface area contributed by atoms with Crippen molar-refractivity contribution in [3.63, 3.8) is 0 Å². The quantitative estimate of drug-likeness (QED) is 0.819. The van der Waals surface area contributed by atoms with Crippen molar-refractivity contribution in [3.05, 3.63) is 20.8 Å². The van der Waals surface area contributed by atoms with Gasteiger partial charge in [0, 0.05) is 9.35 Å². The Morgan fingerprint density at radius 3 is 2.60 bits per heavy atom. The molecule has 0 aliphatic carbocycles. The number of thiophene rings is 1. The van der Waals surface area contributed by atoms with Gasteiger partial charge in [0.2, 0.25) is 0 Å².